The zero-order valence-electron chi connectivity index (χ0n) is 6.09. The van der Waals surface area contributed by atoms with Crippen LogP contribution in [0, 0.1) is 0 Å². The first-order valence-corrected chi connectivity index (χ1v) is 3.14. The van der Waals surface area contributed by atoms with Crippen molar-refractivity contribution >= 4 is 11.6 Å². The normalized spacial score (nSPS) is 9.18. The second kappa shape index (κ2) is 3.01. The minimum Gasteiger partial charge on any atom is -0.354 e. The van der Waals surface area contributed by atoms with Crippen molar-refractivity contribution in [3.05, 3.63) is 24.0 Å². The van der Waals surface area contributed by atoms with Gasteiger partial charge in [-0.1, -0.05) is 0 Å². The average Bonchev–Trinajstić information content (AvgIpc) is 2.03. The maximum absolute atomic E-state index is 10.9. The van der Waals surface area contributed by atoms with E-state index in [0.29, 0.717) is 5.69 Å². The Balaban J connectivity index is 2.96. The summed E-state index contributed by atoms with van der Waals surface area (Å²) >= 11 is 0. The van der Waals surface area contributed by atoms with E-state index in [0.717, 1.165) is 0 Å². The molecule has 1 aromatic rings. The van der Waals surface area contributed by atoms with E-state index in [-0.39, 0.29) is 11.6 Å². The summed E-state index contributed by atoms with van der Waals surface area (Å²) in [7, 11) is 1.53. The van der Waals surface area contributed by atoms with Gasteiger partial charge in [0.1, 0.15) is 5.69 Å². The van der Waals surface area contributed by atoms with Crippen molar-refractivity contribution in [3.8, 4) is 0 Å². The van der Waals surface area contributed by atoms with Crippen molar-refractivity contribution in [3.63, 3.8) is 0 Å². The molecule has 4 heteroatoms. The molecular weight excluding hydrogens is 142 g/mol. The van der Waals surface area contributed by atoms with Gasteiger partial charge in [-0.05, 0) is 12.1 Å². The molecule has 1 radical (unpaired) electrons. The molecule has 0 spiro atoms. The lowest BCUT2D eigenvalue weighted by atomic mass is 10.3. The highest BCUT2D eigenvalue weighted by Gasteiger charge is 2.02. The summed E-state index contributed by atoms with van der Waals surface area (Å²) in [5.41, 5.74) is 7.75. The molecule has 0 bridgehead atoms. The van der Waals surface area contributed by atoms with Crippen LogP contribution in [0.15, 0.2) is 18.3 Å². The lowest BCUT2D eigenvalue weighted by molar-refractivity contribution is 0.0958. The molecule has 0 aromatic carbocycles. The fourth-order valence-corrected chi connectivity index (χ4v) is 0.683. The largest absolute Gasteiger partial charge is 0.354 e. The van der Waals surface area contributed by atoms with Gasteiger partial charge in [-0.15, -0.1) is 0 Å². The molecule has 1 rings (SSSR count). The first-order chi connectivity index (χ1) is 5.24. The van der Waals surface area contributed by atoms with E-state index in [9.17, 15) is 4.79 Å². The molecule has 0 unspecified atom stereocenters. The van der Waals surface area contributed by atoms with Crippen molar-refractivity contribution in [2.24, 2.45) is 0 Å². The minimum absolute atomic E-state index is 0.265. The summed E-state index contributed by atoms with van der Waals surface area (Å²) in [5.74, 6) is -0.265. The Morgan fingerprint density at radius 3 is 3.00 bits per heavy atom. The molecule has 1 amide bonds. The lowest BCUT2D eigenvalue weighted by Gasteiger charge is -1.97. The highest BCUT2D eigenvalue weighted by Crippen LogP contribution is 2.03. The molecule has 1 aromatic heterocycles. The topological polar surface area (TPSA) is 65.8 Å². The summed E-state index contributed by atoms with van der Waals surface area (Å²) in [6, 6.07) is 2.94. The predicted octanol–water partition coefficient (Wildman–Crippen LogP) is 0.356. The van der Waals surface area contributed by atoms with Crippen LogP contribution >= 0.6 is 0 Å². The number of hydrogen-bond acceptors (Lipinski definition) is 2. The first kappa shape index (κ1) is 7.53. The van der Waals surface area contributed by atoms with Crippen LogP contribution in [0.2, 0.25) is 0 Å². The molecule has 0 fully saturated rings. The van der Waals surface area contributed by atoms with E-state index >= 15 is 0 Å². The van der Waals surface area contributed by atoms with Gasteiger partial charge in [-0.2, -0.15) is 0 Å². The molecule has 11 heavy (non-hydrogen) atoms. The van der Waals surface area contributed by atoms with Crippen molar-refractivity contribution in [1.82, 2.24) is 16.0 Å². The van der Waals surface area contributed by atoms with Crippen molar-refractivity contribution in [1.29, 1.82) is 0 Å². The van der Waals surface area contributed by atoms with Crippen molar-refractivity contribution in [2.45, 2.75) is 0 Å². The molecule has 1 heterocycles. The maximum atomic E-state index is 10.9. The van der Waals surface area contributed by atoms with Gasteiger partial charge in [0, 0.05) is 13.2 Å². The number of aromatic nitrogens is 1. The summed E-state index contributed by atoms with van der Waals surface area (Å²) in [6.07, 6.45) is 1.44. The van der Waals surface area contributed by atoms with Crippen LogP contribution in [0.1, 0.15) is 10.5 Å². The molecule has 0 saturated carbocycles. The number of hydrogen-bond donors (Lipinski definition) is 1. The zero-order chi connectivity index (χ0) is 8.27. The monoisotopic (exact) mass is 150 g/mol. The zero-order valence-corrected chi connectivity index (χ0v) is 6.09. The van der Waals surface area contributed by atoms with Gasteiger partial charge in [0.15, 0.2) is 0 Å². The van der Waals surface area contributed by atoms with Crippen LogP contribution < -0.4 is 11.1 Å². The Labute approximate surface area is 64.4 Å². The summed E-state index contributed by atoms with van der Waals surface area (Å²) in [4.78, 5) is 14.7. The maximum Gasteiger partial charge on any atom is 0.269 e. The molecule has 57 valence electrons. The average molecular weight is 150 g/mol. The van der Waals surface area contributed by atoms with Gasteiger partial charge >= 0.3 is 0 Å². The summed E-state index contributed by atoms with van der Waals surface area (Å²) < 4.78 is 0. The Hall–Kier alpha value is -1.58. The highest BCUT2D eigenvalue weighted by molar-refractivity contribution is 5.92. The fourth-order valence-electron chi connectivity index (χ4n) is 0.683. The summed E-state index contributed by atoms with van der Waals surface area (Å²) in [6.45, 7) is 0. The Morgan fingerprint density at radius 1 is 1.73 bits per heavy atom. The van der Waals surface area contributed by atoms with E-state index in [2.05, 4.69) is 10.3 Å². The van der Waals surface area contributed by atoms with Crippen molar-refractivity contribution in [2.75, 3.05) is 7.05 Å². The number of nitrogens with zero attached hydrogens (tertiary/aromatic N) is 1. The summed E-state index contributed by atoms with van der Waals surface area (Å²) in [5, 5.41) is 2.42. The molecular formula is C7H8N3O. The van der Waals surface area contributed by atoms with Crippen LogP contribution in [0.3, 0.4) is 0 Å². The molecule has 0 aliphatic rings. The van der Waals surface area contributed by atoms with Gasteiger partial charge < -0.3 is 11.1 Å². The molecule has 2 N–H and O–H groups in total. The second-order valence-electron chi connectivity index (χ2n) is 2.01. The third-order valence-electron chi connectivity index (χ3n) is 1.22. The molecule has 0 aliphatic carbocycles. The van der Waals surface area contributed by atoms with Gasteiger partial charge in [0.25, 0.3) is 5.91 Å². The molecule has 0 atom stereocenters. The predicted molar refractivity (Wildman–Crippen MR) is 40.4 cm³/mol. The van der Waals surface area contributed by atoms with Gasteiger partial charge in [0.05, 0.1) is 5.69 Å². The van der Waals surface area contributed by atoms with Gasteiger partial charge in [0.2, 0.25) is 0 Å². The number of carbonyl (C=O) groups excluding carboxylic acids is 1. The minimum atomic E-state index is -0.265. The number of rotatable bonds is 1. The third-order valence-corrected chi connectivity index (χ3v) is 1.22. The highest BCUT2D eigenvalue weighted by atomic mass is 16.1. The standard InChI is InChI=1S/C7H8N3O/c1-9-7(11)6-4-5(8)2-3-10-6/h2-4,8H,1H3,(H,9,11). The Kier molecular flexibility index (Phi) is 2.06. The first-order valence-electron chi connectivity index (χ1n) is 3.14. The van der Waals surface area contributed by atoms with Crippen LogP contribution in [-0.2, 0) is 0 Å². The number of nitrogens with one attached hydrogen (secondary N) is 2. The van der Waals surface area contributed by atoms with Gasteiger partial charge in [-0.25, -0.2) is 0 Å². The van der Waals surface area contributed by atoms with E-state index in [1.54, 1.807) is 0 Å². The third kappa shape index (κ3) is 1.67. The number of amides is 1. The van der Waals surface area contributed by atoms with Crippen LogP contribution in [-0.4, -0.2) is 17.9 Å². The van der Waals surface area contributed by atoms with Gasteiger partial charge in [-0.3, -0.25) is 9.78 Å². The molecule has 0 aliphatic heterocycles. The second-order valence-corrected chi connectivity index (χ2v) is 2.01. The van der Waals surface area contributed by atoms with Crippen LogP contribution in [0.4, 0.5) is 5.69 Å². The Morgan fingerprint density at radius 2 is 2.45 bits per heavy atom. The van der Waals surface area contributed by atoms with E-state index < -0.39 is 0 Å². The number of pyridine rings is 1. The SMILES string of the molecule is CNC(=O)c1cc([NH])ccn1. The Bertz CT molecular complexity index is 272. The van der Waals surface area contributed by atoms with E-state index in [1.807, 2.05) is 0 Å². The van der Waals surface area contributed by atoms with E-state index in [4.69, 9.17) is 5.73 Å². The molecule has 4 nitrogen and oxygen atoms in total. The smallest absolute Gasteiger partial charge is 0.269 e. The molecule has 0 saturated heterocycles. The van der Waals surface area contributed by atoms with E-state index in [1.165, 1.54) is 25.4 Å². The van der Waals surface area contributed by atoms with Crippen LogP contribution in [0.5, 0.6) is 0 Å². The lowest BCUT2D eigenvalue weighted by Crippen LogP contribution is -2.18. The quantitative estimate of drug-likeness (QED) is 0.627. The number of carbonyl (C=O) groups is 1. The fraction of sp³-hybridized carbons (Fsp3) is 0.143. The van der Waals surface area contributed by atoms with Crippen molar-refractivity contribution < 1.29 is 4.79 Å². The van der Waals surface area contributed by atoms with Crippen LogP contribution in [0.25, 0.3) is 0 Å².